The minimum absolute atomic E-state index is 0.130. The van der Waals surface area contributed by atoms with Crippen molar-refractivity contribution in [1.82, 2.24) is 15.1 Å². The van der Waals surface area contributed by atoms with Crippen LogP contribution in [0.5, 0.6) is 0 Å². The number of amides is 3. The van der Waals surface area contributed by atoms with Gasteiger partial charge < -0.3 is 10.6 Å². The topological polar surface area (TPSA) is 96.3 Å². The maximum Gasteiger partial charge on any atom is 0.416 e. The third-order valence-electron chi connectivity index (χ3n) is 7.94. The highest BCUT2D eigenvalue weighted by atomic mass is 19.4. The molecule has 1 aliphatic heterocycles. The number of benzene rings is 3. The van der Waals surface area contributed by atoms with Crippen molar-refractivity contribution in [2.75, 3.05) is 16.8 Å². The van der Waals surface area contributed by atoms with Crippen LogP contribution in [0.1, 0.15) is 52.7 Å². The second-order valence-electron chi connectivity index (χ2n) is 10.7. The Kier molecular flexibility index (Phi) is 7.73. The zero-order valence-electron chi connectivity index (χ0n) is 23.9. The summed E-state index contributed by atoms with van der Waals surface area (Å²) < 4.78 is 55.9. The Hall–Kier alpha value is -5.26. The number of nitrogens with one attached hydrogen (secondary N) is 2. The Balaban J connectivity index is 1.53. The van der Waals surface area contributed by atoms with Crippen LogP contribution in [0.15, 0.2) is 90.5 Å². The van der Waals surface area contributed by atoms with Gasteiger partial charge in [-0.1, -0.05) is 42.5 Å². The Morgan fingerprint density at radius 3 is 2.31 bits per heavy atom. The number of allylic oxidation sites excluding steroid dienone is 1. The molecule has 2 aliphatic rings. The number of rotatable bonds is 7. The first-order chi connectivity index (χ1) is 21.6. The molecule has 2 heterocycles. The monoisotopic (exact) mass is 617 g/mol. The third-order valence-corrected chi connectivity index (χ3v) is 7.94. The summed E-state index contributed by atoms with van der Waals surface area (Å²) in [4.78, 5) is 42.3. The molecule has 8 nitrogen and oxygen atoms in total. The lowest BCUT2D eigenvalue weighted by Gasteiger charge is -2.38. The molecule has 1 aliphatic carbocycles. The number of hydrogen-bond acceptors (Lipinski definition) is 4. The minimum atomic E-state index is -4.68. The molecule has 3 aromatic carbocycles. The standard InChI is InChI=1S/C33H27F4N5O3/c1-2-41-31-26(28(39-29(43)20-8-6-9-20)40-42(31)24-12-4-3-5-13-24)25(19-14-16-23(34)17-15-19)27(32(41)45)38-30(44)21-10-7-11-22(18-21)33(35,36)37/h3-5,7-8,10-18,25,27H,2,6,9H2,1H3,(H,38,44)(H,39,40,43). The van der Waals surface area contributed by atoms with Crippen molar-refractivity contribution in [3.8, 4) is 5.69 Å². The Labute approximate surface area is 255 Å². The smallest absolute Gasteiger partial charge is 0.339 e. The molecular formula is C33H27F4N5O3. The number of carbonyl (C=O) groups excluding carboxylic acids is 3. The lowest BCUT2D eigenvalue weighted by atomic mass is 9.81. The van der Waals surface area contributed by atoms with E-state index in [1.165, 1.54) is 39.9 Å². The van der Waals surface area contributed by atoms with Crippen LogP contribution in [0, 0.1) is 5.82 Å². The van der Waals surface area contributed by atoms with Gasteiger partial charge in [0.1, 0.15) is 17.7 Å². The van der Waals surface area contributed by atoms with Crippen molar-refractivity contribution in [2.24, 2.45) is 0 Å². The van der Waals surface area contributed by atoms with Gasteiger partial charge in [0.15, 0.2) is 5.82 Å². The van der Waals surface area contributed by atoms with Gasteiger partial charge in [-0.15, -0.1) is 5.10 Å². The Morgan fingerprint density at radius 1 is 0.978 bits per heavy atom. The maximum absolute atomic E-state index is 14.3. The molecule has 230 valence electrons. The first-order valence-electron chi connectivity index (χ1n) is 14.3. The van der Waals surface area contributed by atoms with Crippen LogP contribution < -0.4 is 15.5 Å². The van der Waals surface area contributed by atoms with Gasteiger partial charge in [-0.2, -0.15) is 13.2 Å². The quantitative estimate of drug-likeness (QED) is 0.249. The highest BCUT2D eigenvalue weighted by molar-refractivity contribution is 6.08. The van der Waals surface area contributed by atoms with Crippen molar-refractivity contribution in [3.63, 3.8) is 0 Å². The predicted octanol–water partition coefficient (Wildman–Crippen LogP) is 5.99. The van der Waals surface area contributed by atoms with Crippen LogP contribution in [0.2, 0.25) is 0 Å². The molecule has 0 bridgehead atoms. The third kappa shape index (κ3) is 5.59. The summed E-state index contributed by atoms with van der Waals surface area (Å²) >= 11 is 0. The van der Waals surface area contributed by atoms with Crippen LogP contribution in [0.25, 0.3) is 5.69 Å². The van der Waals surface area contributed by atoms with E-state index in [2.05, 4.69) is 10.6 Å². The van der Waals surface area contributed by atoms with E-state index in [9.17, 15) is 31.9 Å². The van der Waals surface area contributed by atoms with Gasteiger partial charge in [-0.3, -0.25) is 19.3 Å². The van der Waals surface area contributed by atoms with Crippen LogP contribution in [0.4, 0.5) is 29.2 Å². The van der Waals surface area contributed by atoms with Crippen LogP contribution in [-0.4, -0.2) is 40.1 Å². The number of hydrogen-bond donors (Lipinski definition) is 2. The molecular weight excluding hydrogens is 590 g/mol. The summed E-state index contributed by atoms with van der Waals surface area (Å²) in [6, 6.07) is 16.8. The second-order valence-corrected chi connectivity index (χ2v) is 10.7. The lowest BCUT2D eigenvalue weighted by Crippen LogP contribution is -2.55. The molecule has 0 spiro atoms. The van der Waals surface area contributed by atoms with Gasteiger partial charge in [0, 0.05) is 29.2 Å². The lowest BCUT2D eigenvalue weighted by molar-refractivity contribution is -0.137. The molecule has 2 unspecified atom stereocenters. The molecule has 4 aromatic rings. The summed E-state index contributed by atoms with van der Waals surface area (Å²) in [7, 11) is 0. The van der Waals surface area contributed by atoms with Crippen molar-refractivity contribution in [1.29, 1.82) is 0 Å². The van der Waals surface area contributed by atoms with Crippen molar-refractivity contribution < 1.29 is 31.9 Å². The molecule has 6 rings (SSSR count). The molecule has 0 saturated heterocycles. The van der Waals surface area contributed by atoms with E-state index in [0.29, 0.717) is 40.7 Å². The number of alkyl halides is 3. The van der Waals surface area contributed by atoms with Gasteiger partial charge in [0.05, 0.1) is 11.3 Å². The summed E-state index contributed by atoms with van der Waals surface area (Å²) in [6.07, 6.45) is -1.53. The molecule has 45 heavy (non-hydrogen) atoms. The number of para-hydroxylation sites is 1. The number of aromatic nitrogens is 2. The fourth-order valence-corrected chi connectivity index (χ4v) is 5.61. The number of halogens is 4. The molecule has 0 saturated carbocycles. The van der Waals surface area contributed by atoms with E-state index in [-0.39, 0.29) is 23.8 Å². The molecule has 12 heteroatoms. The zero-order chi connectivity index (χ0) is 31.9. The summed E-state index contributed by atoms with van der Waals surface area (Å²) in [5.41, 5.74) is 0.654. The second kappa shape index (κ2) is 11.7. The van der Waals surface area contributed by atoms with E-state index in [0.717, 1.165) is 18.6 Å². The normalized spacial score (nSPS) is 17.7. The van der Waals surface area contributed by atoms with E-state index < -0.39 is 41.3 Å². The number of carbonyl (C=O) groups is 3. The molecule has 1 aromatic heterocycles. The van der Waals surface area contributed by atoms with Crippen molar-refractivity contribution in [2.45, 2.75) is 37.9 Å². The van der Waals surface area contributed by atoms with Gasteiger partial charge in [-0.05, 0) is 67.8 Å². The SMILES string of the molecule is CCN1C(=O)C(NC(=O)c2cccc(C(F)(F)F)c2)C(c2ccc(F)cc2)c2c(NC(=O)C3=CCC3)nn(-c3ccccc3)c21. The van der Waals surface area contributed by atoms with Crippen molar-refractivity contribution >= 4 is 29.4 Å². The van der Waals surface area contributed by atoms with Crippen LogP contribution in [0.3, 0.4) is 0 Å². The largest absolute Gasteiger partial charge is 0.416 e. The average Bonchev–Trinajstić information content (AvgIpc) is 3.35. The molecule has 0 radical (unpaired) electrons. The first kappa shape index (κ1) is 29.8. The predicted molar refractivity (Wildman–Crippen MR) is 158 cm³/mol. The number of anilines is 2. The van der Waals surface area contributed by atoms with Gasteiger partial charge in [0.25, 0.3) is 17.7 Å². The summed E-state index contributed by atoms with van der Waals surface area (Å²) in [5, 5.41) is 10.3. The number of fused-ring (bicyclic) bond motifs is 1. The zero-order valence-corrected chi connectivity index (χ0v) is 23.9. The van der Waals surface area contributed by atoms with E-state index in [1.807, 2.05) is 6.07 Å². The van der Waals surface area contributed by atoms with Gasteiger partial charge in [0.2, 0.25) is 0 Å². The fourth-order valence-electron chi connectivity index (χ4n) is 5.61. The highest BCUT2D eigenvalue weighted by Gasteiger charge is 2.47. The first-order valence-corrected chi connectivity index (χ1v) is 14.3. The van der Waals surface area contributed by atoms with Gasteiger partial charge in [-0.25, -0.2) is 9.07 Å². The Bertz CT molecular complexity index is 1820. The molecule has 3 amide bonds. The van der Waals surface area contributed by atoms with Crippen LogP contribution >= 0.6 is 0 Å². The average molecular weight is 618 g/mol. The fraction of sp³-hybridized carbons (Fsp3) is 0.212. The Morgan fingerprint density at radius 2 is 1.69 bits per heavy atom. The van der Waals surface area contributed by atoms with E-state index >= 15 is 0 Å². The maximum atomic E-state index is 14.3. The summed E-state index contributed by atoms with van der Waals surface area (Å²) in [5.74, 6) is -2.91. The summed E-state index contributed by atoms with van der Waals surface area (Å²) in [6.45, 7) is 1.86. The molecule has 2 N–H and O–H groups in total. The van der Waals surface area contributed by atoms with Crippen molar-refractivity contribution in [3.05, 3.63) is 119 Å². The molecule has 2 atom stereocenters. The van der Waals surface area contributed by atoms with Gasteiger partial charge >= 0.3 is 6.18 Å². The minimum Gasteiger partial charge on any atom is -0.339 e. The molecule has 0 fully saturated rings. The number of likely N-dealkylation sites (N-methyl/N-ethyl adjacent to an activating group) is 1. The van der Waals surface area contributed by atoms with E-state index in [4.69, 9.17) is 5.10 Å². The highest BCUT2D eigenvalue weighted by Crippen LogP contribution is 2.46. The van der Waals surface area contributed by atoms with E-state index in [1.54, 1.807) is 37.3 Å². The van der Waals surface area contributed by atoms with Crippen LogP contribution in [-0.2, 0) is 15.8 Å². The number of nitrogens with zero attached hydrogens (tertiary/aromatic N) is 3.